The van der Waals surface area contributed by atoms with Crippen LogP contribution in [0.5, 0.6) is 0 Å². The van der Waals surface area contributed by atoms with E-state index in [0.717, 1.165) is 11.8 Å². The highest BCUT2D eigenvalue weighted by Gasteiger charge is 2.78. The molecule has 5 atom stereocenters. The van der Waals surface area contributed by atoms with E-state index in [2.05, 4.69) is 20.8 Å². The molecule has 4 aliphatic carbocycles. The van der Waals surface area contributed by atoms with Crippen LogP contribution < -0.4 is 0 Å². The minimum absolute atomic E-state index is 0.0679. The lowest BCUT2D eigenvalue weighted by Gasteiger charge is -2.59. The van der Waals surface area contributed by atoms with Crippen molar-refractivity contribution in [2.45, 2.75) is 40.5 Å². The molecule has 0 spiro atoms. The topological polar surface area (TPSA) is 26.3 Å². The third-order valence-corrected chi connectivity index (χ3v) is 6.06. The normalized spacial score (nSPS) is 51.2. The molecule has 90 valence electrons. The molecule has 4 aliphatic rings. The molecule has 4 fully saturated rings. The summed E-state index contributed by atoms with van der Waals surface area (Å²) in [6.07, 6.45) is 2.60. The number of hydrogen-bond acceptors (Lipinski definition) is 2. The third-order valence-electron chi connectivity index (χ3n) is 6.06. The largest absolute Gasteiger partial charge is 0.466 e. The molecular weight excluding hydrogens is 200 g/mol. The highest BCUT2D eigenvalue weighted by Crippen LogP contribution is 2.80. The van der Waals surface area contributed by atoms with Crippen LogP contribution >= 0.6 is 0 Å². The van der Waals surface area contributed by atoms with Gasteiger partial charge in [-0.1, -0.05) is 20.8 Å². The van der Waals surface area contributed by atoms with Gasteiger partial charge in [0, 0.05) is 0 Å². The van der Waals surface area contributed by atoms with Crippen LogP contribution in [-0.2, 0) is 9.53 Å². The van der Waals surface area contributed by atoms with Crippen LogP contribution in [0.15, 0.2) is 0 Å². The third kappa shape index (κ3) is 0.970. The van der Waals surface area contributed by atoms with Crippen molar-refractivity contribution in [2.75, 3.05) is 6.61 Å². The fourth-order valence-electron chi connectivity index (χ4n) is 4.92. The van der Waals surface area contributed by atoms with Crippen LogP contribution in [-0.4, -0.2) is 12.6 Å². The lowest BCUT2D eigenvalue weighted by Crippen LogP contribution is -2.52. The lowest BCUT2D eigenvalue weighted by molar-refractivity contribution is -0.147. The lowest BCUT2D eigenvalue weighted by atomic mass is 9.45. The van der Waals surface area contributed by atoms with Crippen LogP contribution in [0.3, 0.4) is 0 Å². The monoisotopic (exact) mass is 222 g/mol. The maximum atomic E-state index is 11.9. The number of carbonyl (C=O) groups excluding carboxylic acids is 1. The second kappa shape index (κ2) is 2.83. The van der Waals surface area contributed by atoms with E-state index in [-0.39, 0.29) is 17.3 Å². The average Bonchev–Trinajstić information content (AvgIpc) is 2.83. The first kappa shape index (κ1) is 10.6. The van der Waals surface area contributed by atoms with Gasteiger partial charge in [0.25, 0.3) is 0 Å². The van der Waals surface area contributed by atoms with Gasteiger partial charge in [-0.25, -0.2) is 0 Å². The first-order chi connectivity index (χ1) is 7.44. The Labute approximate surface area is 97.7 Å². The van der Waals surface area contributed by atoms with Gasteiger partial charge in [0.15, 0.2) is 0 Å². The first-order valence-corrected chi connectivity index (χ1v) is 6.60. The minimum Gasteiger partial charge on any atom is -0.466 e. The summed E-state index contributed by atoms with van der Waals surface area (Å²) in [6, 6.07) is 0. The van der Waals surface area contributed by atoms with Gasteiger partial charge < -0.3 is 4.74 Å². The Balaban J connectivity index is 1.82. The molecule has 0 unspecified atom stereocenters. The quantitative estimate of drug-likeness (QED) is 0.672. The SMILES string of the molecule is CCOC(=O)[C@@H]1[C@@H]2C[C@@H]3C[C@H](C3(C)C)[C@]12C. The molecule has 0 aromatic rings. The highest BCUT2D eigenvalue weighted by atomic mass is 16.5. The molecule has 0 amide bonds. The Morgan fingerprint density at radius 3 is 2.50 bits per heavy atom. The molecule has 0 aliphatic heterocycles. The van der Waals surface area contributed by atoms with Crippen molar-refractivity contribution in [1.29, 1.82) is 0 Å². The van der Waals surface area contributed by atoms with Gasteiger partial charge in [0.05, 0.1) is 12.5 Å². The van der Waals surface area contributed by atoms with Crippen LogP contribution in [0.1, 0.15) is 40.5 Å². The molecule has 0 aromatic carbocycles. The fourth-order valence-corrected chi connectivity index (χ4v) is 4.92. The molecule has 2 bridgehead atoms. The Bertz CT molecular complexity index is 347. The smallest absolute Gasteiger partial charge is 0.309 e. The molecule has 0 N–H and O–H groups in total. The predicted octanol–water partition coefficient (Wildman–Crippen LogP) is 2.87. The van der Waals surface area contributed by atoms with E-state index in [9.17, 15) is 4.79 Å². The Hall–Kier alpha value is -0.530. The summed E-state index contributed by atoms with van der Waals surface area (Å²) in [5.41, 5.74) is 0.733. The second-order valence-electron chi connectivity index (χ2n) is 6.74. The van der Waals surface area contributed by atoms with Crippen molar-refractivity contribution in [3.8, 4) is 0 Å². The van der Waals surface area contributed by atoms with Crippen molar-refractivity contribution >= 4 is 5.97 Å². The molecular formula is C14H22O2. The Morgan fingerprint density at radius 2 is 2.00 bits per heavy atom. The van der Waals surface area contributed by atoms with Crippen LogP contribution in [0, 0.1) is 34.5 Å². The van der Waals surface area contributed by atoms with E-state index < -0.39 is 0 Å². The van der Waals surface area contributed by atoms with Gasteiger partial charge in [-0.15, -0.1) is 0 Å². The van der Waals surface area contributed by atoms with Crippen LogP contribution in [0.4, 0.5) is 0 Å². The summed E-state index contributed by atoms with van der Waals surface area (Å²) < 4.78 is 5.22. The van der Waals surface area contributed by atoms with Crippen molar-refractivity contribution in [2.24, 2.45) is 34.5 Å². The van der Waals surface area contributed by atoms with Crippen molar-refractivity contribution in [3.63, 3.8) is 0 Å². The van der Waals surface area contributed by atoms with E-state index in [4.69, 9.17) is 4.74 Å². The summed E-state index contributed by atoms with van der Waals surface area (Å²) in [5, 5.41) is 0. The van der Waals surface area contributed by atoms with Gasteiger partial charge in [0.2, 0.25) is 0 Å². The first-order valence-electron chi connectivity index (χ1n) is 6.60. The van der Waals surface area contributed by atoms with E-state index in [1.807, 2.05) is 6.92 Å². The zero-order valence-corrected chi connectivity index (χ0v) is 10.7. The van der Waals surface area contributed by atoms with Gasteiger partial charge in [-0.3, -0.25) is 4.79 Å². The molecule has 2 heteroatoms. The summed E-state index contributed by atoms with van der Waals surface area (Å²) in [6.45, 7) is 9.51. The molecule has 16 heavy (non-hydrogen) atoms. The summed E-state index contributed by atoms with van der Waals surface area (Å²) in [4.78, 5) is 11.9. The molecule has 0 aromatic heterocycles. The maximum Gasteiger partial charge on any atom is 0.309 e. The average molecular weight is 222 g/mol. The van der Waals surface area contributed by atoms with Gasteiger partial charge >= 0.3 is 5.97 Å². The fraction of sp³-hybridized carbons (Fsp3) is 0.929. The highest BCUT2D eigenvalue weighted by molar-refractivity contribution is 5.78. The van der Waals surface area contributed by atoms with E-state index in [1.54, 1.807) is 0 Å². The second-order valence-corrected chi connectivity index (χ2v) is 6.74. The number of rotatable bonds is 2. The van der Waals surface area contributed by atoms with Crippen molar-refractivity contribution < 1.29 is 9.53 Å². The maximum absolute atomic E-state index is 11.9. The summed E-state index contributed by atoms with van der Waals surface area (Å²) in [5.74, 6) is 2.51. The van der Waals surface area contributed by atoms with Crippen molar-refractivity contribution in [3.05, 3.63) is 0 Å². The predicted molar refractivity (Wildman–Crippen MR) is 61.7 cm³/mol. The standard InChI is InChI=1S/C14H22O2/c1-5-16-12(15)11-9-6-8-7-10(13(8,2)3)14(9,11)4/h8-11H,5-7H2,1-4H3/t8-,9+,10-,11+,14-/m1/s1. The molecule has 0 saturated heterocycles. The van der Waals surface area contributed by atoms with Gasteiger partial charge in [0.1, 0.15) is 0 Å². The molecule has 2 nitrogen and oxygen atoms in total. The molecule has 4 saturated carbocycles. The van der Waals surface area contributed by atoms with E-state index in [0.29, 0.717) is 17.9 Å². The molecule has 4 rings (SSSR count). The van der Waals surface area contributed by atoms with Gasteiger partial charge in [-0.2, -0.15) is 0 Å². The van der Waals surface area contributed by atoms with Gasteiger partial charge in [-0.05, 0) is 48.3 Å². The zero-order chi connectivity index (χ0) is 11.7. The number of esters is 1. The van der Waals surface area contributed by atoms with Crippen LogP contribution in [0.2, 0.25) is 0 Å². The molecule has 0 heterocycles. The number of carbonyl (C=O) groups is 1. The van der Waals surface area contributed by atoms with Crippen molar-refractivity contribution in [1.82, 2.24) is 0 Å². The summed E-state index contributed by atoms with van der Waals surface area (Å²) >= 11 is 0. The minimum atomic E-state index is 0.0679. The Morgan fingerprint density at radius 1 is 1.31 bits per heavy atom. The zero-order valence-electron chi connectivity index (χ0n) is 10.7. The Kier molecular flexibility index (Phi) is 1.88. The number of ether oxygens (including phenoxy) is 1. The molecule has 0 radical (unpaired) electrons. The van der Waals surface area contributed by atoms with E-state index >= 15 is 0 Å². The van der Waals surface area contributed by atoms with E-state index in [1.165, 1.54) is 12.8 Å². The number of hydrogen-bond donors (Lipinski definition) is 0. The van der Waals surface area contributed by atoms with Crippen LogP contribution in [0.25, 0.3) is 0 Å². The summed E-state index contributed by atoms with van der Waals surface area (Å²) in [7, 11) is 0.